The SMILES string of the molecule is Cc1cc([N+](=O)[O-])ccc1S(=O)(=O)N[C@H]1CCCC[C@@H]1O. The normalized spacial score (nSPS) is 23.0. The number of hydrogen-bond acceptors (Lipinski definition) is 5. The first-order valence-electron chi connectivity index (χ1n) is 6.77. The van der Waals surface area contributed by atoms with E-state index in [1.54, 1.807) is 0 Å². The maximum Gasteiger partial charge on any atom is 0.269 e. The van der Waals surface area contributed by atoms with Gasteiger partial charge in [0.1, 0.15) is 0 Å². The van der Waals surface area contributed by atoms with Crippen molar-refractivity contribution in [2.45, 2.75) is 49.6 Å². The van der Waals surface area contributed by atoms with Gasteiger partial charge in [-0.25, -0.2) is 13.1 Å². The Balaban J connectivity index is 2.25. The molecule has 0 radical (unpaired) electrons. The molecule has 0 spiro atoms. The lowest BCUT2D eigenvalue weighted by molar-refractivity contribution is -0.385. The minimum absolute atomic E-state index is 0.00544. The van der Waals surface area contributed by atoms with Gasteiger partial charge < -0.3 is 5.11 Å². The fraction of sp³-hybridized carbons (Fsp3) is 0.538. The maximum absolute atomic E-state index is 12.4. The fourth-order valence-electron chi connectivity index (χ4n) is 2.56. The van der Waals surface area contributed by atoms with Crippen molar-refractivity contribution in [1.82, 2.24) is 4.72 Å². The van der Waals surface area contributed by atoms with Crippen LogP contribution in [0.2, 0.25) is 0 Å². The van der Waals surface area contributed by atoms with Gasteiger partial charge in [0.05, 0.1) is 15.9 Å². The molecule has 1 aliphatic rings. The molecule has 7 nitrogen and oxygen atoms in total. The predicted molar refractivity (Wildman–Crippen MR) is 76.4 cm³/mol. The highest BCUT2D eigenvalue weighted by molar-refractivity contribution is 7.89. The third kappa shape index (κ3) is 3.58. The largest absolute Gasteiger partial charge is 0.391 e. The first-order chi connectivity index (χ1) is 9.81. The number of nitro groups is 1. The van der Waals surface area contributed by atoms with Gasteiger partial charge in [-0.1, -0.05) is 12.8 Å². The Labute approximate surface area is 123 Å². The quantitative estimate of drug-likeness (QED) is 0.646. The molecule has 0 bridgehead atoms. The number of aliphatic hydroxyl groups is 1. The number of aliphatic hydroxyl groups excluding tert-OH is 1. The summed E-state index contributed by atoms with van der Waals surface area (Å²) in [6.45, 7) is 1.51. The van der Waals surface area contributed by atoms with E-state index in [4.69, 9.17) is 0 Å². The molecule has 0 aliphatic heterocycles. The van der Waals surface area contributed by atoms with Crippen LogP contribution < -0.4 is 4.72 Å². The summed E-state index contributed by atoms with van der Waals surface area (Å²) >= 11 is 0. The van der Waals surface area contributed by atoms with Gasteiger partial charge in [0.15, 0.2) is 0 Å². The van der Waals surface area contributed by atoms with Crippen LogP contribution in [0.1, 0.15) is 31.2 Å². The van der Waals surface area contributed by atoms with Crippen LogP contribution in [0.3, 0.4) is 0 Å². The van der Waals surface area contributed by atoms with Crippen LogP contribution in [-0.4, -0.2) is 30.6 Å². The van der Waals surface area contributed by atoms with E-state index in [2.05, 4.69) is 4.72 Å². The van der Waals surface area contributed by atoms with Crippen LogP contribution in [0, 0.1) is 17.0 Å². The Kier molecular flexibility index (Phi) is 4.60. The van der Waals surface area contributed by atoms with E-state index >= 15 is 0 Å². The Bertz CT molecular complexity index is 644. The van der Waals surface area contributed by atoms with E-state index in [0.717, 1.165) is 12.8 Å². The number of benzene rings is 1. The minimum atomic E-state index is -3.80. The second-order valence-corrected chi connectivity index (χ2v) is 6.97. The van der Waals surface area contributed by atoms with Gasteiger partial charge in [-0.05, 0) is 31.4 Å². The molecule has 116 valence electrons. The molecule has 1 saturated carbocycles. The highest BCUT2D eigenvalue weighted by atomic mass is 32.2. The molecule has 2 rings (SSSR count). The molecule has 0 heterocycles. The van der Waals surface area contributed by atoms with Gasteiger partial charge in [-0.2, -0.15) is 0 Å². The van der Waals surface area contributed by atoms with Crippen molar-refractivity contribution in [3.63, 3.8) is 0 Å². The molecular weight excluding hydrogens is 296 g/mol. The Morgan fingerprint density at radius 2 is 2.00 bits per heavy atom. The molecule has 8 heteroatoms. The maximum atomic E-state index is 12.4. The third-order valence-electron chi connectivity index (χ3n) is 3.69. The van der Waals surface area contributed by atoms with Crippen LogP contribution in [0.4, 0.5) is 5.69 Å². The molecule has 0 amide bonds. The Morgan fingerprint density at radius 3 is 2.57 bits per heavy atom. The van der Waals surface area contributed by atoms with Crippen molar-refractivity contribution in [2.24, 2.45) is 0 Å². The van der Waals surface area contributed by atoms with Gasteiger partial charge in [0.2, 0.25) is 10.0 Å². The van der Waals surface area contributed by atoms with Crippen molar-refractivity contribution in [3.05, 3.63) is 33.9 Å². The van der Waals surface area contributed by atoms with Crippen molar-refractivity contribution >= 4 is 15.7 Å². The van der Waals surface area contributed by atoms with Gasteiger partial charge >= 0.3 is 0 Å². The first kappa shape index (κ1) is 15.9. The van der Waals surface area contributed by atoms with Crippen molar-refractivity contribution in [2.75, 3.05) is 0 Å². The molecular formula is C13H18N2O5S. The lowest BCUT2D eigenvalue weighted by atomic mass is 9.93. The van der Waals surface area contributed by atoms with E-state index in [9.17, 15) is 23.6 Å². The minimum Gasteiger partial charge on any atom is -0.391 e. The number of non-ortho nitro benzene ring substituents is 1. The molecule has 0 unspecified atom stereocenters. The van der Waals surface area contributed by atoms with Gasteiger partial charge in [0, 0.05) is 18.2 Å². The van der Waals surface area contributed by atoms with Crippen LogP contribution in [0.15, 0.2) is 23.1 Å². The second kappa shape index (κ2) is 6.08. The van der Waals surface area contributed by atoms with Crippen LogP contribution >= 0.6 is 0 Å². The van der Waals surface area contributed by atoms with Crippen LogP contribution in [0.25, 0.3) is 0 Å². The van der Waals surface area contributed by atoms with Crippen LogP contribution in [-0.2, 0) is 10.0 Å². The lowest BCUT2D eigenvalue weighted by Gasteiger charge is -2.28. The number of nitrogens with one attached hydrogen (secondary N) is 1. The van der Waals surface area contributed by atoms with Gasteiger partial charge in [-0.3, -0.25) is 10.1 Å². The van der Waals surface area contributed by atoms with E-state index < -0.39 is 27.1 Å². The standard InChI is InChI=1S/C13H18N2O5S/c1-9-8-10(15(17)18)6-7-13(9)21(19,20)14-11-4-2-3-5-12(11)16/h6-8,11-12,14,16H,2-5H2,1H3/t11-,12-/m0/s1. The van der Waals surface area contributed by atoms with E-state index in [-0.39, 0.29) is 10.6 Å². The average molecular weight is 314 g/mol. The summed E-state index contributed by atoms with van der Waals surface area (Å²) in [5.74, 6) is 0. The molecule has 2 N–H and O–H groups in total. The third-order valence-corrected chi connectivity index (χ3v) is 5.34. The number of nitro benzene ring substituents is 1. The van der Waals surface area contributed by atoms with Gasteiger partial charge in [0.25, 0.3) is 5.69 Å². The molecule has 1 aliphatic carbocycles. The first-order valence-corrected chi connectivity index (χ1v) is 8.25. The number of nitrogens with zero attached hydrogens (tertiary/aromatic N) is 1. The summed E-state index contributed by atoms with van der Waals surface area (Å²) in [4.78, 5) is 10.1. The molecule has 0 aromatic heterocycles. The highest BCUT2D eigenvalue weighted by Crippen LogP contribution is 2.24. The topological polar surface area (TPSA) is 110 Å². The van der Waals surface area contributed by atoms with E-state index in [0.29, 0.717) is 18.4 Å². The summed E-state index contributed by atoms with van der Waals surface area (Å²) in [7, 11) is -3.80. The predicted octanol–water partition coefficient (Wildman–Crippen LogP) is 1.49. The second-order valence-electron chi connectivity index (χ2n) is 5.29. The highest BCUT2D eigenvalue weighted by Gasteiger charge is 2.29. The number of sulfonamides is 1. The van der Waals surface area contributed by atoms with Gasteiger partial charge in [-0.15, -0.1) is 0 Å². The molecule has 2 atom stereocenters. The van der Waals surface area contributed by atoms with Crippen molar-refractivity contribution in [3.8, 4) is 0 Å². The summed E-state index contributed by atoms with van der Waals surface area (Å²) in [6.07, 6.45) is 2.23. The molecule has 1 fully saturated rings. The summed E-state index contributed by atoms with van der Waals surface area (Å²) in [5.41, 5.74) is 0.158. The Hall–Kier alpha value is -1.51. The zero-order valence-electron chi connectivity index (χ0n) is 11.7. The fourth-order valence-corrected chi connectivity index (χ4v) is 4.09. The lowest BCUT2D eigenvalue weighted by Crippen LogP contribution is -2.45. The summed E-state index contributed by atoms with van der Waals surface area (Å²) in [6, 6.07) is 3.12. The zero-order chi connectivity index (χ0) is 15.6. The average Bonchev–Trinajstić information content (AvgIpc) is 2.40. The molecule has 21 heavy (non-hydrogen) atoms. The molecule has 0 saturated heterocycles. The molecule has 1 aromatic carbocycles. The van der Waals surface area contributed by atoms with Crippen LogP contribution in [0.5, 0.6) is 0 Å². The smallest absolute Gasteiger partial charge is 0.269 e. The molecule has 1 aromatic rings. The monoisotopic (exact) mass is 314 g/mol. The zero-order valence-corrected chi connectivity index (χ0v) is 12.5. The Morgan fingerprint density at radius 1 is 1.33 bits per heavy atom. The number of aryl methyl sites for hydroxylation is 1. The van der Waals surface area contributed by atoms with E-state index in [1.165, 1.54) is 25.1 Å². The van der Waals surface area contributed by atoms with E-state index in [1.807, 2.05) is 0 Å². The summed E-state index contributed by atoms with van der Waals surface area (Å²) < 4.78 is 27.2. The summed E-state index contributed by atoms with van der Waals surface area (Å²) in [5, 5.41) is 20.5. The number of rotatable bonds is 4. The van der Waals surface area contributed by atoms with Crippen molar-refractivity contribution in [1.29, 1.82) is 0 Å². The van der Waals surface area contributed by atoms with Crippen molar-refractivity contribution < 1.29 is 18.4 Å². The number of hydrogen-bond donors (Lipinski definition) is 2.